The van der Waals surface area contributed by atoms with Crippen LogP contribution in [0, 0.1) is 13.8 Å². The number of carbonyl (C=O) groups excluding carboxylic acids is 1. The van der Waals surface area contributed by atoms with Gasteiger partial charge in [0.15, 0.2) is 5.65 Å². The summed E-state index contributed by atoms with van der Waals surface area (Å²) in [5, 5.41) is 5.31. The summed E-state index contributed by atoms with van der Waals surface area (Å²) in [6.45, 7) is 7.80. The Morgan fingerprint density at radius 3 is 2.63 bits per heavy atom. The number of pyridine rings is 2. The van der Waals surface area contributed by atoms with E-state index in [2.05, 4.69) is 20.0 Å². The monoisotopic (exact) mass is 364 g/mol. The molecule has 27 heavy (non-hydrogen) atoms. The van der Waals surface area contributed by atoms with Crippen LogP contribution in [0.3, 0.4) is 0 Å². The van der Waals surface area contributed by atoms with Gasteiger partial charge in [-0.25, -0.2) is 4.98 Å². The van der Waals surface area contributed by atoms with Crippen LogP contribution in [-0.4, -0.2) is 61.6 Å². The highest BCUT2D eigenvalue weighted by molar-refractivity contribution is 6.06. The van der Waals surface area contributed by atoms with Crippen LogP contribution in [0.4, 0.5) is 0 Å². The van der Waals surface area contributed by atoms with Gasteiger partial charge in [0.2, 0.25) is 0 Å². The molecule has 0 atom stereocenters. The minimum Gasteiger partial charge on any atom is -0.336 e. The zero-order chi connectivity index (χ0) is 19.0. The highest BCUT2D eigenvalue weighted by Gasteiger charge is 2.25. The zero-order valence-corrected chi connectivity index (χ0v) is 16.0. The number of carbonyl (C=O) groups is 1. The minimum absolute atomic E-state index is 0.0686. The SMILES string of the molecule is Cc1cc(C(=O)N2CCN(Cc3ccccn3)CC2)c2c(C)nn(C)c2n1. The van der Waals surface area contributed by atoms with E-state index in [1.807, 2.05) is 56.3 Å². The van der Waals surface area contributed by atoms with Gasteiger partial charge < -0.3 is 4.90 Å². The van der Waals surface area contributed by atoms with E-state index in [0.29, 0.717) is 18.7 Å². The smallest absolute Gasteiger partial charge is 0.254 e. The molecule has 0 spiro atoms. The molecule has 1 aliphatic rings. The van der Waals surface area contributed by atoms with Crippen molar-refractivity contribution in [2.75, 3.05) is 26.2 Å². The fraction of sp³-hybridized carbons (Fsp3) is 0.400. The van der Waals surface area contributed by atoms with Crippen LogP contribution in [-0.2, 0) is 13.6 Å². The van der Waals surface area contributed by atoms with Gasteiger partial charge in [0.05, 0.1) is 22.3 Å². The number of nitrogens with zero attached hydrogens (tertiary/aromatic N) is 6. The summed E-state index contributed by atoms with van der Waals surface area (Å²) < 4.78 is 1.75. The molecule has 4 rings (SSSR count). The Morgan fingerprint density at radius 1 is 1.15 bits per heavy atom. The molecule has 0 saturated carbocycles. The largest absolute Gasteiger partial charge is 0.336 e. The first-order valence-corrected chi connectivity index (χ1v) is 9.25. The molecule has 140 valence electrons. The number of piperazine rings is 1. The minimum atomic E-state index is 0.0686. The Kier molecular flexibility index (Phi) is 4.61. The molecule has 7 heteroatoms. The highest BCUT2D eigenvalue weighted by atomic mass is 16.2. The van der Waals surface area contributed by atoms with Crippen LogP contribution in [0.15, 0.2) is 30.5 Å². The number of fused-ring (bicyclic) bond motifs is 1. The maximum atomic E-state index is 13.2. The van der Waals surface area contributed by atoms with Crippen molar-refractivity contribution in [3.63, 3.8) is 0 Å². The second kappa shape index (κ2) is 7.08. The normalized spacial score (nSPS) is 15.4. The van der Waals surface area contributed by atoms with E-state index in [1.54, 1.807) is 4.68 Å². The number of hydrogen-bond donors (Lipinski definition) is 0. The number of aryl methyl sites for hydroxylation is 3. The molecule has 1 fully saturated rings. The van der Waals surface area contributed by atoms with Crippen LogP contribution < -0.4 is 0 Å². The van der Waals surface area contributed by atoms with Gasteiger partial charge in [-0.3, -0.25) is 19.4 Å². The molecule has 0 N–H and O–H groups in total. The van der Waals surface area contributed by atoms with Crippen molar-refractivity contribution in [3.8, 4) is 0 Å². The van der Waals surface area contributed by atoms with E-state index in [0.717, 1.165) is 47.7 Å². The molecule has 0 bridgehead atoms. The third-order valence-electron chi connectivity index (χ3n) is 5.10. The lowest BCUT2D eigenvalue weighted by Gasteiger charge is -2.34. The lowest BCUT2D eigenvalue weighted by Crippen LogP contribution is -2.48. The fourth-order valence-corrected chi connectivity index (χ4v) is 3.74. The van der Waals surface area contributed by atoms with Crippen molar-refractivity contribution in [1.29, 1.82) is 0 Å². The predicted octanol–water partition coefficient (Wildman–Crippen LogP) is 1.94. The second-order valence-corrected chi connectivity index (χ2v) is 7.11. The first-order valence-electron chi connectivity index (χ1n) is 9.25. The molecular weight excluding hydrogens is 340 g/mol. The Hall–Kier alpha value is -2.80. The number of hydrogen-bond acceptors (Lipinski definition) is 5. The third-order valence-corrected chi connectivity index (χ3v) is 5.10. The standard InChI is InChI=1S/C20H24N6O/c1-14-12-17(18-15(2)23-24(3)19(18)22-14)20(27)26-10-8-25(9-11-26)13-16-6-4-5-7-21-16/h4-7,12H,8-11,13H2,1-3H3. The van der Waals surface area contributed by atoms with E-state index in [4.69, 9.17) is 0 Å². The molecule has 0 radical (unpaired) electrons. The van der Waals surface area contributed by atoms with Crippen molar-refractivity contribution in [1.82, 2.24) is 29.5 Å². The van der Waals surface area contributed by atoms with Gasteiger partial charge in [0.1, 0.15) is 0 Å². The molecule has 7 nitrogen and oxygen atoms in total. The molecule has 1 amide bonds. The van der Waals surface area contributed by atoms with Crippen LogP contribution in [0.1, 0.15) is 27.4 Å². The first kappa shape index (κ1) is 17.6. The molecule has 0 aromatic carbocycles. The first-order chi connectivity index (χ1) is 13.0. The Bertz CT molecular complexity index is 973. The van der Waals surface area contributed by atoms with Crippen molar-refractivity contribution in [3.05, 3.63) is 53.1 Å². The Balaban J connectivity index is 1.51. The Labute approximate surface area is 158 Å². The van der Waals surface area contributed by atoms with Gasteiger partial charge in [-0.15, -0.1) is 0 Å². The number of amides is 1. The molecular formula is C20H24N6O. The lowest BCUT2D eigenvalue weighted by atomic mass is 10.1. The summed E-state index contributed by atoms with van der Waals surface area (Å²) in [5.74, 6) is 0.0686. The van der Waals surface area contributed by atoms with Gasteiger partial charge in [-0.2, -0.15) is 5.10 Å². The summed E-state index contributed by atoms with van der Waals surface area (Å²) in [7, 11) is 1.87. The van der Waals surface area contributed by atoms with Crippen LogP contribution >= 0.6 is 0 Å². The predicted molar refractivity (Wildman–Crippen MR) is 103 cm³/mol. The molecule has 0 unspecified atom stereocenters. The van der Waals surface area contributed by atoms with Gasteiger partial charge in [0, 0.05) is 51.7 Å². The van der Waals surface area contributed by atoms with Gasteiger partial charge in [-0.05, 0) is 32.0 Å². The molecule has 1 aliphatic heterocycles. The van der Waals surface area contributed by atoms with Crippen molar-refractivity contribution >= 4 is 16.9 Å². The average molecular weight is 364 g/mol. The van der Waals surface area contributed by atoms with Gasteiger partial charge in [-0.1, -0.05) is 6.07 Å². The molecule has 3 aromatic rings. The average Bonchev–Trinajstić information content (AvgIpc) is 2.96. The van der Waals surface area contributed by atoms with E-state index < -0.39 is 0 Å². The topological polar surface area (TPSA) is 67.2 Å². The van der Waals surface area contributed by atoms with Crippen LogP contribution in [0.5, 0.6) is 0 Å². The van der Waals surface area contributed by atoms with E-state index in [-0.39, 0.29) is 5.91 Å². The van der Waals surface area contributed by atoms with E-state index in [9.17, 15) is 4.79 Å². The van der Waals surface area contributed by atoms with Crippen LogP contribution in [0.25, 0.3) is 11.0 Å². The van der Waals surface area contributed by atoms with Crippen molar-refractivity contribution in [2.24, 2.45) is 7.05 Å². The molecule has 4 heterocycles. The van der Waals surface area contributed by atoms with E-state index >= 15 is 0 Å². The fourth-order valence-electron chi connectivity index (χ4n) is 3.74. The Morgan fingerprint density at radius 2 is 1.93 bits per heavy atom. The maximum Gasteiger partial charge on any atom is 0.254 e. The van der Waals surface area contributed by atoms with Crippen molar-refractivity contribution in [2.45, 2.75) is 20.4 Å². The molecule has 3 aromatic heterocycles. The van der Waals surface area contributed by atoms with Gasteiger partial charge in [0.25, 0.3) is 5.91 Å². The summed E-state index contributed by atoms with van der Waals surface area (Å²) in [6, 6.07) is 7.87. The summed E-state index contributed by atoms with van der Waals surface area (Å²) >= 11 is 0. The highest BCUT2D eigenvalue weighted by Crippen LogP contribution is 2.23. The molecule has 0 aliphatic carbocycles. The molecule has 1 saturated heterocycles. The zero-order valence-electron chi connectivity index (χ0n) is 16.0. The maximum absolute atomic E-state index is 13.2. The van der Waals surface area contributed by atoms with Gasteiger partial charge >= 0.3 is 0 Å². The lowest BCUT2D eigenvalue weighted by molar-refractivity contribution is 0.0628. The van der Waals surface area contributed by atoms with E-state index in [1.165, 1.54) is 0 Å². The number of aromatic nitrogens is 4. The number of rotatable bonds is 3. The van der Waals surface area contributed by atoms with Crippen LogP contribution in [0.2, 0.25) is 0 Å². The summed E-state index contributed by atoms with van der Waals surface area (Å²) in [4.78, 5) is 26.5. The second-order valence-electron chi connectivity index (χ2n) is 7.11. The third kappa shape index (κ3) is 3.42. The summed E-state index contributed by atoms with van der Waals surface area (Å²) in [5.41, 5.74) is 4.22. The van der Waals surface area contributed by atoms with Crippen molar-refractivity contribution < 1.29 is 4.79 Å². The quantitative estimate of drug-likeness (QED) is 0.710. The summed E-state index contributed by atoms with van der Waals surface area (Å²) in [6.07, 6.45) is 1.82.